The molecule has 1 unspecified atom stereocenters. The van der Waals surface area contributed by atoms with E-state index in [4.69, 9.17) is 4.99 Å². The molecule has 1 aliphatic rings. The Kier molecular flexibility index (Phi) is 5.60. The van der Waals surface area contributed by atoms with E-state index in [1.165, 1.54) is 24.9 Å². The lowest BCUT2D eigenvalue weighted by Gasteiger charge is -2.19. The van der Waals surface area contributed by atoms with Crippen LogP contribution in [0.1, 0.15) is 39.5 Å². The van der Waals surface area contributed by atoms with Crippen molar-refractivity contribution in [3.63, 3.8) is 0 Å². The van der Waals surface area contributed by atoms with Crippen LogP contribution in [-0.2, 0) is 0 Å². The minimum absolute atomic E-state index is 0.0454. The largest absolute Gasteiger partial charge is 0.362 e. The highest BCUT2D eigenvalue weighted by atomic mass is 19.1. The van der Waals surface area contributed by atoms with Crippen molar-refractivity contribution in [2.24, 2.45) is 4.99 Å². The van der Waals surface area contributed by atoms with E-state index in [1.807, 2.05) is 6.07 Å². The Labute approximate surface area is 169 Å². The zero-order valence-corrected chi connectivity index (χ0v) is 16.7. The predicted molar refractivity (Wildman–Crippen MR) is 115 cm³/mol. The average Bonchev–Trinajstić information content (AvgIpc) is 2.71. The topological polar surface area (TPSA) is 63.1 Å². The number of aromatic nitrogens is 3. The molecule has 5 nitrogen and oxygen atoms in total. The average molecular weight is 389 g/mol. The molecule has 0 saturated heterocycles. The Morgan fingerprint density at radius 2 is 1.86 bits per heavy atom. The molecule has 1 atom stereocenters. The smallest absolute Gasteiger partial charge is 0.164 e. The van der Waals surface area contributed by atoms with Crippen molar-refractivity contribution in [1.29, 1.82) is 0 Å². The van der Waals surface area contributed by atoms with Crippen LogP contribution in [-0.4, -0.2) is 26.7 Å². The minimum atomic E-state index is -0.258. The Morgan fingerprint density at radius 3 is 2.69 bits per heavy atom. The van der Waals surface area contributed by atoms with Gasteiger partial charge in [-0.05, 0) is 63.3 Å². The summed E-state index contributed by atoms with van der Waals surface area (Å²) in [5.41, 5.74) is 4.61. The number of nitrogens with zero attached hydrogens (tertiary/aromatic N) is 4. The zero-order valence-electron chi connectivity index (χ0n) is 16.7. The Bertz CT molecular complexity index is 1070. The highest BCUT2D eigenvalue weighted by Crippen LogP contribution is 2.26. The van der Waals surface area contributed by atoms with Gasteiger partial charge in [0.05, 0.1) is 11.4 Å². The van der Waals surface area contributed by atoms with Gasteiger partial charge in [-0.25, -0.2) is 19.3 Å². The van der Waals surface area contributed by atoms with E-state index in [1.54, 1.807) is 18.3 Å². The van der Waals surface area contributed by atoms with E-state index in [0.717, 1.165) is 53.0 Å². The number of pyridine rings is 1. The van der Waals surface area contributed by atoms with Gasteiger partial charge in [-0.3, -0.25) is 4.99 Å². The Morgan fingerprint density at radius 1 is 1.03 bits per heavy atom. The number of hydrogen-bond acceptors (Lipinski definition) is 5. The van der Waals surface area contributed by atoms with E-state index in [0.29, 0.717) is 5.65 Å². The van der Waals surface area contributed by atoms with Gasteiger partial charge in [-0.1, -0.05) is 18.2 Å². The summed E-state index contributed by atoms with van der Waals surface area (Å²) in [6.07, 6.45) is 9.86. The Balaban J connectivity index is 1.67. The van der Waals surface area contributed by atoms with E-state index < -0.39 is 0 Å². The molecule has 4 rings (SSSR count). The molecule has 0 aliphatic carbocycles. The SMILES string of the molecule is CC1=CCCCCC(C(C)Nc2ncnc3ncc(-c4ccc(F)cc4)cc23)=N1. The van der Waals surface area contributed by atoms with Crippen molar-refractivity contribution in [3.05, 3.63) is 60.4 Å². The third-order valence-electron chi connectivity index (χ3n) is 5.17. The number of hydrogen-bond donors (Lipinski definition) is 1. The van der Waals surface area contributed by atoms with Crippen LogP contribution in [0.3, 0.4) is 0 Å². The number of halogens is 1. The van der Waals surface area contributed by atoms with Crippen molar-refractivity contribution in [2.75, 3.05) is 5.32 Å². The summed E-state index contributed by atoms with van der Waals surface area (Å²) in [6.45, 7) is 4.16. The molecule has 1 aromatic carbocycles. The molecule has 0 bridgehead atoms. The van der Waals surface area contributed by atoms with Crippen LogP contribution in [0.25, 0.3) is 22.2 Å². The molecule has 6 heteroatoms. The molecular weight excluding hydrogens is 365 g/mol. The molecule has 1 aliphatic heterocycles. The summed E-state index contributed by atoms with van der Waals surface area (Å²) in [6, 6.07) is 8.43. The maximum atomic E-state index is 13.3. The molecule has 148 valence electrons. The van der Waals surface area contributed by atoms with Crippen LogP contribution in [0.5, 0.6) is 0 Å². The first kappa shape index (κ1) is 19.2. The molecule has 2 aromatic heterocycles. The lowest BCUT2D eigenvalue weighted by Crippen LogP contribution is -2.27. The van der Waals surface area contributed by atoms with Gasteiger partial charge in [0.2, 0.25) is 0 Å². The van der Waals surface area contributed by atoms with Gasteiger partial charge in [0.25, 0.3) is 0 Å². The fourth-order valence-corrected chi connectivity index (χ4v) is 3.55. The van der Waals surface area contributed by atoms with Crippen molar-refractivity contribution in [2.45, 2.75) is 45.6 Å². The first-order chi connectivity index (χ1) is 14.1. The molecule has 0 fully saturated rings. The summed E-state index contributed by atoms with van der Waals surface area (Å²) in [5.74, 6) is 0.469. The summed E-state index contributed by atoms with van der Waals surface area (Å²) in [5, 5.41) is 4.34. The lowest BCUT2D eigenvalue weighted by atomic mass is 10.0. The first-order valence-corrected chi connectivity index (χ1v) is 9.97. The molecule has 3 aromatic rings. The maximum absolute atomic E-state index is 13.3. The van der Waals surface area contributed by atoms with Crippen LogP contribution < -0.4 is 5.32 Å². The van der Waals surface area contributed by atoms with Crippen LogP contribution in [0.2, 0.25) is 0 Å². The van der Waals surface area contributed by atoms with Gasteiger partial charge in [0.1, 0.15) is 18.0 Å². The van der Waals surface area contributed by atoms with E-state index in [-0.39, 0.29) is 11.9 Å². The zero-order chi connectivity index (χ0) is 20.2. The van der Waals surface area contributed by atoms with E-state index in [9.17, 15) is 4.39 Å². The van der Waals surface area contributed by atoms with Crippen LogP contribution in [0, 0.1) is 5.82 Å². The summed E-state index contributed by atoms with van der Waals surface area (Å²) in [7, 11) is 0. The second-order valence-corrected chi connectivity index (χ2v) is 7.38. The number of aliphatic imine (C=N–C) groups is 1. The molecule has 0 saturated carbocycles. The fourth-order valence-electron chi connectivity index (χ4n) is 3.55. The number of anilines is 1. The molecule has 0 radical (unpaired) electrons. The third kappa shape index (κ3) is 4.47. The van der Waals surface area contributed by atoms with Crippen molar-refractivity contribution >= 4 is 22.6 Å². The monoisotopic (exact) mass is 389 g/mol. The van der Waals surface area contributed by atoms with Crippen molar-refractivity contribution in [3.8, 4) is 11.1 Å². The van der Waals surface area contributed by atoms with Crippen LogP contribution >= 0.6 is 0 Å². The molecule has 0 spiro atoms. The normalized spacial score (nSPS) is 15.8. The second kappa shape index (κ2) is 8.47. The van der Waals surface area contributed by atoms with Gasteiger partial charge < -0.3 is 5.32 Å². The quantitative estimate of drug-likeness (QED) is 0.635. The molecular formula is C23H24FN5. The standard InChI is InChI=1S/C23H24FN5/c1-15-6-4-3-5-7-21(28-15)16(2)29-23-20-12-18(13-25-22(20)26-14-27-23)17-8-10-19(24)11-9-17/h6,8-14,16H,3-5,7H2,1-2H3,(H,25,26,27,29). The van der Waals surface area contributed by atoms with Crippen LogP contribution in [0.4, 0.5) is 10.2 Å². The number of allylic oxidation sites excluding steroid dienone is 2. The highest BCUT2D eigenvalue weighted by molar-refractivity contribution is 5.95. The van der Waals surface area contributed by atoms with E-state index >= 15 is 0 Å². The molecule has 0 amide bonds. The highest BCUT2D eigenvalue weighted by Gasteiger charge is 2.15. The van der Waals surface area contributed by atoms with E-state index in [2.05, 4.69) is 40.2 Å². The predicted octanol–water partition coefficient (Wildman–Crippen LogP) is 5.55. The number of rotatable bonds is 4. The lowest BCUT2D eigenvalue weighted by molar-refractivity contribution is 0.628. The van der Waals surface area contributed by atoms with Gasteiger partial charge in [-0.2, -0.15) is 0 Å². The van der Waals surface area contributed by atoms with Gasteiger partial charge in [0, 0.05) is 23.2 Å². The first-order valence-electron chi connectivity index (χ1n) is 9.97. The number of benzene rings is 1. The minimum Gasteiger partial charge on any atom is -0.362 e. The summed E-state index contributed by atoms with van der Waals surface area (Å²) < 4.78 is 13.3. The van der Waals surface area contributed by atoms with Crippen molar-refractivity contribution < 1.29 is 4.39 Å². The maximum Gasteiger partial charge on any atom is 0.164 e. The van der Waals surface area contributed by atoms with Crippen LogP contribution in [0.15, 0.2) is 59.6 Å². The molecule has 29 heavy (non-hydrogen) atoms. The summed E-state index contributed by atoms with van der Waals surface area (Å²) in [4.78, 5) is 18.0. The third-order valence-corrected chi connectivity index (χ3v) is 5.17. The molecule has 1 N–H and O–H groups in total. The second-order valence-electron chi connectivity index (χ2n) is 7.38. The van der Waals surface area contributed by atoms with Gasteiger partial charge in [-0.15, -0.1) is 0 Å². The number of fused-ring (bicyclic) bond motifs is 1. The number of nitrogens with one attached hydrogen (secondary N) is 1. The van der Waals surface area contributed by atoms with Gasteiger partial charge >= 0.3 is 0 Å². The van der Waals surface area contributed by atoms with Gasteiger partial charge in [0.15, 0.2) is 5.65 Å². The van der Waals surface area contributed by atoms with Crippen molar-refractivity contribution in [1.82, 2.24) is 15.0 Å². The Hall–Kier alpha value is -3.15. The fraction of sp³-hybridized carbons (Fsp3) is 0.304. The summed E-state index contributed by atoms with van der Waals surface area (Å²) >= 11 is 0. The molecule has 3 heterocycles.